The van der Waals surface area contributed by atoms with Crippen LogP contribution in [-0.4, -0.2) is 5.91 Å². The van der Waals surface area contributed by atoms with E-state index in [0.29, 0.717) is 11.1 Å². The first-order valence-corrected chi connectivity index (χ1v) is 8.41. The van der Waals surface area contributed by atoms with Crippen LogP contribution in [0.15, 0.2) is 72.8 Å². The van der Waals surface area contributed by atoms with Crippen molar-refractivity contribution in [2.45, 2.75) is 19.4 Å². The Bertz CT molecular complexity index is 909. The Morgan fingerprint density at radius 1 is 0.923 bits per heavy atom. The molecule has 0 aliphatic rings. The Morgan fingerprint density at radius 3 is 2.38 bits per heavy atom. The molecule has 3 aromatic carbocycles. The SMILES string of the molecule is C[C@H](C(=O)NCc1cccc(F)c1)c1ccc(-c2ccccc2)cc1F. The summed E-state index contributed by atoms with van der Waals surface area (Å²) in [6.45, 7) is 1.85. The molecule has 0 radical (unpaired) electrons. The third-order valence-electron chi connectivity index (χ3n) is 4.32. The first-order valence-electron chi connectivity index (χ1n) is 8.41. The molecule has 132 valence electrons. The molecule has 0 fully saturated rings. The van der Waals surface area contributed by atoms with Crippen LogP contribution in [0.2, 0.25) is 0 Å². The van der Waals surface area contributed by atoms with E-state index in [4.69, 9.17) is 0 Å². The average molecular weight is 351 g/mol. The molecule has 0 unspecified atom stereocenters. The van der Waals surface area contributed by atoms with Crippen molar-refractivity contribution in [1.29, 1.82) is 0 Å². The zero-order valence-corrected chi connectivity index (χ0v) is 14.4. The maximum Gasteiger partial charge on any atom is 0.227 e. The lowest BCUT2D eigenvalue weighted by atomic mass is 9.96. The van der Waals surface area contributed by atoms with E-state index in [-0.39, 0.29) is 18.3 Å². The number of amides is 1. The number of nitrogens with one attached hydrogen (secondary N) is 1. The normalized spacial score (nSPS) is 11.8. The van der Waals surface area contributed by atoms with Gasteiger partial charge in [0.25, 0.3) is 0 Å². The van der Waals surface area contributed by atoms with Gasteiger partial charge in [-0.25, -0.2) is 8.78 Å². The van der Waals surface area contributed by atoms with Gasteiger partial charge < -0.3 is 5.32 Å². The van der Waals surface area contributed by atoms with Gasteiger partial charge in [-0.15, -0.1) is 0 Å². The third-order valence-corrected chi connectivity index (χ3v) is 4.32. The van der Waals surface area contributed by atoms with E-state index in [1.807, 2.05) is 36.4 Å². The minimum absolute atomic E-state index is 0.199. The lowest BCUT2D eigenvalue weighted by Crippen LogP contribution is -2.28. The Balaban J connectivity index is 1.70. The summed E-state index contributed by atoms with van der Waals surface area (Å²) in [5, 5.41) is 2.73. The smallest absolute Gasteiger partial charge is 0.227 e. The molecule has 0 spiro atoms. The highest BCUT2D eigenvalue weighted by molar-refractivity contribution is 5.83. The van der Waals surface area contributed by atoms with Gasteiger partial charge in [-0.05, 0) is 47.4 Å². The molecule has 2 nitrogen and oxygen atoms in total. The van der Waals surface area contributed by atoms with Crippen molar-refractivity contribution in [3.63, 3.8) is 0 Å². The quantitative estimate of drug-likeness (QED) is 0.685. The van der Waals surface area contributed by atoms with Crippen molar-refractivity contribution in [3.8, 4) is 11.1 Å². The Hall–Kier alpha value is -3.01. The largest absolute Gasteiger partial charge is 0.352 e. The van der Waals surface area contributed by atoms with Crippen LogP contribution in [-0.2, 0) is 11.3 Å². The van der Waals surface area contributed by atoms with Crippen molar-refractivity contribution in [2.24, 2.45) is 0 Å². The van der Waals surface area contributed by atoms with Gasteiger partial charge in [0.2, 0.25) is 5.91 Å². The van der Waals surface area contributed by atoms with Crippen molar-refractivity contribution in [2.75, 3.05) is 0 Å². The second kappa shape index (κ2) is 7.91. The van der Waals surface area contributed by atoms with Crippen molar-refractivity contribution in [3.05, 3.63) is 95.6 Å². The molecule has 26 heavy (non-hydrogen) atoms. The maximum atomic E-state index is 14.5. The molecule has 0 saturated carbocycles. The van der Waals surface area contributed by atoms with Gasteiger partial charge in [-0.3, -0.25) is 4.79 Å². The highest BCUT2D eigenvalue weighted by Crippen LogP contribution is 2.26. The van der Waals surface area contributed by atoms with Gasteiger partial charge in [-0.1, -0.05) is 54.6 Å². The minimum Gasteiger partial charge on any atom is -0.352 e. The number of carbonyl (C=O) groups is 1. The van der Waals surface area contributed by atoms with Crippen LogP contribution in [0, 0.1) is 11.6 Å². The summed E-state index contributed by atoms with van der Waals surface area (Å²) >= 11 is 0. The van der Waals surface area contributed by atoms with Crippen LogP contribution < -0.4 is 5.32 Å². The zero-order valence-electron chi connectivity index (χ0n) is 14.4. The van der Waals surface area contributed by atoms with Crippen LogP contribution in [0.1, 0.15) is 24.0 Å². The Labute approximate surface area is 151 Å². The number of carbonyl (C=O) groups excluding carboxylic acids is 1. The fraction of sp³-hybridized carbons (Fsp3) is 0.136. The molecule has 3 aromatic rings. The maximum absolute atomic E-state index is 14.5. The van der Waals surface area contributed by atoms with Gasteiger partial charge in [0.1, 0.15) is 11.6 Å². The summed E-state index contributed by atoms with van der Waals surface area (Å²) in [5.74, 6) is -1.72. The number of halogens is 2. The minimum atomic E-state index is -0.645. The molecule has 0 aromatic heterocycles. The van der Waals surface area contributed by atoms with E-state index < -0.39 is 11.7 Å². The molecule has 1 atom stereocenters. The summed E-state index contributed by atoms with van der Waals surface area (Å²) < 4.78 is 27.7. The number of hydrogen-bond acceptors (Lipinski definition) is 1. The first kappa shape index (κ1) is 17.8. The van der Waals surface area contributed by atoms with Crippen LogP contribution in [0.4, 0.5) is 8.78 Å². The molecule has 0 saturated heterocycles. The number of benzene rings is 3. The Kier molecular flexibility index (Phi) is 5.42. The summed E-state index contributed by atoms with van der Waals surface area (Å²) in [6.07, 6.45) is 0. The highest BCUT2D eigenvalue weighted by atomic mass is 19.1. The molecule has 0 aliphatic heterocycles. The van der Waals surface area contributed by atoms with Gasteiger partial charge in [0.05, 0.1) is 5.92 Å². The van der Waals surface area contributed by atoms with Gasteiger partial charge >= 0.3 is 0 Å². The lowest BCUT2D eigenvalue weighted by molar-refractivity contribution is -0.122. The van der Waals surface area contributed by atoms with Gasteiger partial charge in [-0.2, -0.15) is 0 Å². The van der Waals surface area contributed by atoms with Crippen LogP contribution in [0.3, 0.4) is 0 Å². The average Bonchev–Trinajstić information content (AvgIpc) is 2.66. The summed E-state index contributed by atoms with van der Waals surface area (Å²) in [4.78, 5) is 12.3. The topological polar surface area (TPSA) is 29.1 Å². The monoisotopic (exact) mass is 351 g/mol. The third kappa shape index (κ3) is 4.14. The van der Waals surface area contributed by atoms with Gasteiger partial charge in [0.15, 0.2) is 0 Å². The molecule has 1 N–H and O–H groups in total. The van der Waals surface area contributed by atoms with Crippen molar-refractivity contribution in [1.82, 2.24) is 5.32 Å². The predicted octanol–water partition coefficient (Wildman–Crippen LogP) is 5.05. The molecule has 0 aliphatic carbocycles. The summed E-state index contributed by atoms with van der Waals surface area (Å²) in [7, 11) is 0. The van der Waals surface area contributed by atoms with Crippen LogP contribution >= 0.6 is 0 Å². The zero-order chi connectivity index (χ0) is 18.5. The van der Waals surface area contributed by atoms with E-state index in [9.17, 15) is 13.6 Å². The van der Waals surface area contributed by atoms with Crippen LogP contribution in [0.5, 0.6) is 0 Å². The summed E-state index contributed by atoms with van der Waals surface area (Å²) in [5.41, 5.74) is 2.67. The predicted molar refractivity (Wildman–Crippen MR) is 98.5 cm³/mol. The van der Waals surface area contributed by atoms with E-state index in [1.165, 1.54) is 18.2 Å². The van der Waals surface area contributed by atoms with Crippen molar-refractivity contribution >= 4 is 5.91 Å². The highest BCUT2D eigenvalue weighted by Gasteiger charge is 2.19. The molecular weight excluding hydrogens is 332 g/mol. The molecular formula is C22H19F2NO. The van der Waals surface area contributed by atoms with E-state index in [0.717, 1.165) is 11.1 Å². The lowest BCUT2D eigenvalue weighted by Gasteiger charge is -2.14. The number of hydrogen-bond donors (Lipinski definition) is 1. The van der Waals surface area contributed by atoms with Crippen molar-refractivity contribution < 1.29 is 13.6 Å². The molecule has 3 rings (SSSR count). The van der Waals surface area contributed by atoms with E-state index in [2.05, 4.69) is 5.32 Å². The van der Waals surface area contributed by atoms with Gasteiger partial charge in [0, 0.05) is 6.54 Å². The molecule has 0 bridgehead atoms. The molecule has 4 heteroatoms. The standard InChI is InChI=1S/C22H19F2NO/c1-15(22(26)25-14-16-6-5-9-19(23)12-16)20-11-10-18(13-21(20)24)17-7-3-2-4-8-17/h2-13,15H,14H2,1H3,(H,25,26)/t15-/m0/s1. The fourth-order valence-corrected chi connectivity index (χ4v) is 2.82. The molecule has 1 amide bonds. The molecule has 0 heterocycles. The second-order valence-electron chi connectivity index (χ2n) is 6.17. The summed E-state index contributed by atoms with van der Waals surface area (Å²) in [6, 6.07) is 20.4. The van der Waals surface area contributed by atoms with Crippen LogP contribution in [0.25, 0.3) is 11.1 Å². The van der Waals surface area contributed by atoms with E-state index >= 15 is 0 Å². The first-order chi connectivity index (χ1) is 12.5. The Morgan fingerprint density at radius 2 is 1.69 bits per heavy atom. The fourth-order valence-electron chi connectivity index (χ4n) is 2.82. The number of rotatable bonds is 5. The van der Waals surface area contributed by atoms with E-state index in [1.54, 1.807) is 25.1 Å². The second-order valence-corrected chi connectivity index (χ2v) is 6.17.